The number of anilines is 2. The smallest absolute Gasteiger partial charge is 0.257 e. The van der Waals surface area contributed by atoms with Crippen molar-refractivity contribution in [2.24, 2.45) is 0 Å². The maximum absolute atomic E-state index is 12.7. The standard InChI is InChI=1S/C24H27N5O2/c1-18-5-7-20(16-21(18)22-4-2-3-9-25-22)27-24(31)19-6-8-23(26-17-19)29-12-10-28(11-13-29)14-15-30/h2-9,16-17,30H,10-15H2,1H3,(H,27,31). The number of benzene rings is 1. The molecule has 3 heterocycles. The molecule has 0 bridgehead atoms. The van der Waals surface area contributed by atoms with E-state index in [-0.39, 0.29) is 12.5 Å². The number of rotatable bonds is 6. The number of carbonyl (C=O) groups is 1. The lowest BCUT2D eigenvalue weighted by Crippen LogP contribution is -2.47. The molecule has 1 aliphatic rings. The minimum absolute atomic E-state index is 0.187. The molecule has 2 N–H and O–H groups in total. The SMILES string of the molecule is Cc1ccc(NC(=O)c2ccc(N3CCN(CCO)CC3)nc2)cc1-c1ccccn1. The van der Waals surface area contributed by atoms with Crippen molar-refractivity contribution in [2.75, 3.05) is 49.5 Å². The second kappa shape index (κ2) is 9.68. The van der Waals surface area contributed by atoms with Crippen LogP contribution in [0.5, 0.6) is 0 Å². The molecule has 0 radical (unpaired) electrons. The number of amides is 1. The molecule has 1 saturated heterocycles. The van der Waals surface area contributed by atoms with Crippen molar-refractivity contribution in [3.63, 3.8) is 0 Å². The number of aryl methyl sites for hydroxylation is 1. The minimum atomic E-state index is -0.192. The Morgan fingerprint density at radius 1 is 1.06 bits per heavy atom. The Hall–Kier alpha value is -3.29. The number of nitrogens with zero attached hydrogens (tertiary/aromatic N) is 4. The summed E-state index contributed by atoms with van der Waals surface area (Å²) < 4.78 is 0. The zero-order valence-electron chi connectivity index (χ0n) is 17.7. The highest BCUT2D eigenvalue weighted by molar-refractivity contribution is 6.04. The number of hydrogen-bond acceptors (Lipinski definition) is 6. The van der Waals surface area contributed by atoms with Gasteiger partial charge in [0.25, 0.3) is 5.91 Å². The first-order valence-corrected chi connectivity index (χ1v) is 10.5. The molecule has 0 unspecified atom stereocenters. The molecule has 160 valence electrons. The fraction of sp³-hybridized carbons (Fsp3) is 0.292. The maximum atomic E-state index is 12.7. The van der Waals surface area contributed by atoms with E-state index in [4.69, 9.17) is 5.11 Å². The second-order valence-corrected chi connectivity index (χ2v) is 7.66. The number of aromatic nitrogens is 2. The molecule has 0 aliphatic carbocycles. The first-order chi connectivity index (χ1) is 15.1. The van der Waals surface area contributed by atoms with Crippen molar-refractivity contribution in [1.29, 1.82) is 0 Å². The van der Waals surface area contributed by atoms with Gasteiger partial charge in [0.05, 0.1) is 17.9 Å². The average Bonchev–Trinajstić information content (AvgIpc) is 2.82. The normalized spacial score (nSPS) is 14.5. The Labute approximate surface area is 182 Å². The molecule has 0 spiro atoms. The second-order valence-electron chi connectivity index (χ2n) is 7.66. The van der Waals surface area contributed by atoms with Crippen molar-refractivity contribution in [1.82, 2.24) is 14.9 Å². The Morgan fingerprint density at radius 2 is 1.90 bits per heavy atom. The van der Waals surface area contributed by atoms with Crippen LogP contribution >= 0.6 is 0 Å². The lowest BCUT2D eigenvalue weighted by Gasteiger charge is -2.35. The van der Waals surface area contributed by atoms with E-state index >= 15 is 0 Å². The molecule has 1 aliphatic heterocycles. The molecule has 31 heavy (non-hydrogen) atoms. The van der Waals surface area contributed by atoms with Crippen molar-refractivity contribution in [3.8, 4) is 11.3 Å². The van der Waals surface area contributed by atoms with Crippen molar-refractivity contribution >= 4 is 17.4 Å². The maximum Gasteiger partial charge on any atom is 0.257 e. The van der Waals surface area contributed by atoms with E-state index in [9.17, 15) is 4.79 Å². The van der Waals surface area contributed by atoms with Gasteiger partial charge in [0.2, 0.25) is 0 Å². The van der Waals surface area contributed by atoms with Crippen LogP contribution < -0.4 is 10.2 Å². The van der Waals surface area contributed by atoms with Gasteiger partial charge in [-0.05, 0) is 48.9 Å². The molecule has 3 aromatic rings. The number of carbonyl (C=O) groups excluding carboxylic acids is 1. The quantitative estimate of drug-likeness (QED) is 0.642. The molecule has 4 rings (SSSR count). The number of hydrogen-bond donors (Lipinski definition) is 2. The Kier molecular flexibility index (Phi) is 6.54. The summed E-state index contributed by atoms with van der Waals surface area (Å²) in [5, 5.41) is 12.0. The minimum Gasteiger partial charge on any atom is -0.395 e. The van der Waals surface area contributed by atoms with Crippen LogP contribution in [0.15, 0.2) is 60.9 Å². The number of piperazine rings is 1. The van der Waals surface area contributed by atoms with Gasteiger partial charge >= 0.3 is 0 Å². The molecular weight excluding hydrogens is 390 g/mol. The van der Waals surface area contributed by atoms with E-state index in [2.05, 4.69) is 25.1 Å². The summed E-state index contributed by atoms with van der Waals surface area (Å²) in [6.45, 7) is 6.44. The van der Waals surface area contributed by atoms with Gasteiger partial charge in [-0.2, -0.15) is 0 Å². The van der Waals surface area contributed by atoms with Crippen molar-refractivity contribution in [3.05, 3.63) is 72.1 Å². The van der Waals surface area contributed by atoms with E-state index in [0.29, 0.717) is 12.1 Å². The Bertz CT molecular complexity index is 1020. The molecule has 1 fully saturated rings. The van der Waals surface area contributed by atoms with Gasteiger partial charge in [0, 0.05) is 56.4 Å². The monoisotopic (exact) mass is 417 g/mol. The van der Waals surface area contributed by atoms with Crippen LogP contribution in [0.2, 0.25) is 0 Å². The first-order valence-electron chi connectivity index (χ1n) is 10.5. The van der Waals surface area contributed by atoms with E-state index in [1.54, 1.807) is 12.4 Å². The third-order valence-electron chi connectivity index (χ3n) is 5.56. The number of aliphatic hydroxyl groups excluding tert-OH is 1. The van der Waals surface area contributed by atoms with Gasteiger partial charge in [-0.3, -0.25) is 14.7 Å². The van der Waals surface area contributed by atoms with Gasteiger partial charge in [0.15, 0.2) is 0 Å². The summed E-state index contributed by atoms with van der Waals surface area (Å²) in [7, 11) is 0. The van der Waals surface area contributed by atoms with Gasteiger partial charge in [-0.15, -0.1) is 0 Å². The Morgan fingerprint density at radius 3 is 2.58 bits per heavy atom. The van der Waals surface area contributed by atoms with Crippen LogP contribution in [0.1, 0.15) is 15.9 Å². The van der Waals surface area contributed by atoms with Gasteiger partial charge in [-0.25, -0.2) is 4.98 Å². The third kappa shape index (κ3) is 5.07. The fourth-order valence-corrected chi connectivity index (χ4v) is 3.75. The number of β-amino-alcohol motifs (C(OH)–C–C–N with tert-alkyl or cyclic N) is 1. The predicted molar refractivity (Wildman–Crippen MR) is 122 cm³/mol. The van der Waals surface area contributed by atoms with Crippen LogP contribution in [0, 0.1) is 6.92 Å². The zero-order valence-corrected chi connectivity index (χ0v) is 17.7. The lowest BCUT2D eigenvalue weighted by atomic mass is 10.0. The van der Waals surface area contributed by atoms with E-state index in [0.717, 1.165) is 54.5 Å². The van der Waals surface area contributed by atoms with E-state index < -0.39 is 0 Å². The summed E-state index contributed by atoms with van der Waals surface area (Å²) in [4.78, 5) is 26.1. The van der Waals surface area contributed by atoms with Crippen LogP contribution in [0.25, 0.3) is 11.3 Å². The van der Waals surface area contributed by atoms with E-state index in [1.165, 1.54) is 0 Å². The third-order valence-corrected chi connectivity index (χ3v) is 5.56. The van der Waals surface area contributed by atoms with Gasteiger partial charge < -0.3 is 15.3 Å². The molecular formula is C24H27N5O2. The molecule has 0 saturated carbocycles. The van der Waals surface area contributed by atoms with Gasteiger partial charge in [0.1, 0.15) is 5.82 Å². The number of pyridine rings is 2. The molecule has 1 aromatic carbocycles. The predicted octanol–water partition coefficient (Wildman–Crippen LogP) is 2.82. The first kappa shape index (κ1) is 21.0. The van der Waals surface area contributed by atoms with Crippen molar-refractivity contribution < 1.29 is 9.90 Å². The summed E-state index contributed by atoms with van der Waals surface area (Å²) in [5.74, 6) is 0.676. The highest BCUT2D eigenvalue weighted by Crippen LogP contribution is 2.25. The molecule has 1 amide bonds. The summed E-state index contributed by atoms with van der Waals surface area (Å²) >= 11 is 0. The highest BCUT2D eigenvalue weighted by Gasteiger charge is 2.18. The van der Waals surface area contributed by atoms with Crippen LogP contribution in [-0.4, -0.2) is 65.2 Å². The largest absolute Gasteiger partial charge is 0.395 e. The summed E-state index contributed by atoms with van der Waals surface area (Å²) in [6.07, 6.45) is 3.39. The lowest BCUT2D eigenvalue weighted by molar-refractivity contribution is 0.102. The summed E-state index contributed by atoms with van der Waals surface area (Å²) in [5.41, 5.74) is 4.21. The van der Waals surface area contributed by atoms with Crippen LogP contribution in [-0.2, 0) is 0 Å². The molecule has 7 nitrogen and oxygen atoms in total. The average molecular weight is 418 g/mol. The Balaban J connectivity index is 1.42. The number of nitrogens with one attached hydrogen (secondary N) is 1. The zero-order chi connectivity index (χ0) is 21.6. The topological polar surface area (TPSA) is 81.6 Å². The van der Waals surface area contributed by atoms with E-state index in [1.807, 2.05) is 55.5 Å². The molecule has 7 heteroatoms. The molecule has 0 atom stereocenters. The van der Waals surface area contributed by atoms with Gasteiger partial charge in [-0.1, -0.05) is 12.1 Å². The van der Waals surface area contributed by atoms with Crippen LogP contribution in [0.4, 0.5) is 11.5 Å². The molecule has 2 aromatic heterocycles. The highest BCUT2D eigenvalue weighted by atomic mass is 16.3. The van der Waals surface area contributed by atoms with Crippen LogP contribution in [0.3, 0.4) is 0 Å². The summed E-state index contributed by atoms with van der Waals surface area (Å²) in [6, 6.07) is 15.3. The fourth-order valence-electron chi connectivity index (χ4n) is 3.75. The number of aliphatic hydroxyl groups is 1. The van der Waals surface area contributed by atoms with Crippen molar-refractivity contribution in [2.45, 2.75) is 6.92 Å².